The van der Waals surface area contributed by atoms with Crippen molar-refractivity contribution in [3.05, 3.63) is 0 Å². The molecule has 3 rings (SSSR count). The lowest BCUT2D eigenvalue weighted by molar-refractivity contribution is -0.318. The van der Waals surface area contributed by atoms with Crippen LogP contribution >= 0.6 is 0 Å². The van der Waals surface area contributed by atoms with Crippen LogP contribution in [0.25, 0.3) is 0 Å². The quantitative estimate of drug-likeness (QED) is 0.141. The van der Waals surface area contributed by atoms with Crippen LogP contribution < -0.4 is 0 Å². The summed E-state index contributed by atoms with van der Waals surface area (Å²) in [6, 6.07) is -0.808. The van der Waals surface area contributed by atoms with Crippen molar-refractivity contribution >= 4 is 16.4 Å². The average molecular weight is 847 g/mol. The van der Waals surface area contributed by atoms with E-state index in [-0.39, 0.29) is 37.3 Å². The van der Waals surface area contributed by atoms with E-state index in [0.29, 0.717) is 13.0 Å². The maximum Gasteiger partial charge on any atom is 0.394 e. The molecule has 18 nitrogen and oxygen atoms in total. The monoisotopic (exact) mass is 846 g/mol. The van der Waals surface area contributed by atoms with Gasteiger partial charge in [-0.2, -0.15) is 8.42 Å². The van der Waals surface area contributed by atoms with Gasteiger partial charge in [-0.05, 0) is 94.8 Å². The fourth-order valence-corrected chi connectivity index (χ4v) is 8.74. The van der Waals surface area contributed by atoms with Gasteiger partial charge in [0.15, 0.2) is 12.6 Å². The van der Waals surface area contributed by atoms with Gasteiger partial charge in [0.2, 0.25) is 0 Å². The number of likely N-dealkylation sites (N-methyl/N-ethyl adjacent to an activating group) is 2. The van der Waals surface area contributed by atoms with E-state index in [1.165, 1.54) is 14.0 Å². The average Bonchev–Trinajstić information content (AvgIpc) is 3.08. The molecule has 3 heterocycles. The molecule has 0 amide bonds. The zero-order chi connectivity index (χ0) is 44.2. The molecule has 0 unspecified atom stereocenters. The first-order valence-electron chi connectivity index (χ1n) is 19.8. The summed E-state index contributed by atoms with van der Waals surface area (Å²) >= 11 is 0. The molecule has 0 aromatic carbocycles. The first-order chi connectivity index (χ1) is 25.9. The summed E-state index contributed by atoms with van der Waals surface area (Å²) in [5.74, 6) is -2.58. The number of hydrogen-bond donors (Lipinski definition) is 7. The lowest BCUT2D eigenvalue weighted by atomic mass is 9.77. The molecular formula is C38H74N2O16S. The predicted molar refractivity (Wildman–Crippen MR) is 208 cm³/mol. The first kappa shape index (κ1) is 52.0. The Kier molecular flexibility index (Phi) is 18.8. The van der Waals surface area contributed by atoms with Crippen LogP contribution in [-0.4, -0.2) is 184 Å². The van der Waals surface area contributed by atoms with Crippen molar-refractivity contribution < 1.29 is 76.3 Å². The van der Waals surface area contributed by atoms with Crippen molar-refractivity contribution in [3.8, 4) is 0 Å². The summed E-state index contributed by atoms with van der Waals surface area (Å²) in [7, 11) is 2.45. The van der Waals surface area contributed by atoms with Gasteiger partial charge >= 0.3 is 16.4 Å². The van der Waals surface area contributed by atoms with Crippen LogP contribution in [0.15, 0.2) is 0 Å². The fraction of sp³-hybridized carbons (Fsp3) is 0.974. The summed E-state index contributed by atoms with van der Waals surface area (Å²) in [4.78, 5) is 18.0. The summed E-state index contributed by atoms with van der Waals surface area (Å²) in [5, 5.41) is 58.1. The molecule has 0 saturated carbocycles. The molecule has 3 aliphatic rings. The Morgan fingerprint density at radius 1 is 0.930 bits per heavy atom. The number of nitrogens with zero attached hydrogens (tertiary/aromatic N) is 2. The minimum absolute atomic E-state index is 0.133. The third-order valence-electron chi connectivity index (χ3n) is 12.2. The number of ether oxygens (including phenoxy) is 6. The molecule has 7 N–H and O–H groups in total. The standard InChI is InChI=1S/C38H72N2O12.H2O4S/c1-15-27-38(10,46)31(42)24(6)40(13)19-20(2)17-36(8,45)33(52-35-29(41)26(39(11)12)16-21(3)48-35)22(4)30(23(5)34(44)50-27)51-28-18-37(9,47-14)32(43)25(7)49-28;1-5(2,3)4/h20-33,35,41-43,45-46H,15-19H2,1-14H3;(H2,1,2,3,4)/t20-,21-,22+,23-,24-,25+,26+,27-,28+,29-,30+,31-,32+,33-,35+,36-,37-,38-;/m1./s1. The highest BCUT2D eigenvalue weighted by Crippen LogP contribution is 2.40. The highest BCUT2D eigenvalue weighted by Gasteiger charge is 2.52. The smallest absolute Gasteiger partial charge is 0.394 e. The van der Waals surface area contributed by atoms with Crippen molar-refractivity contribution in [2.24, 2.45) is 17.8 Å². The third-order valence-corrected chi connectivity index (χ3v) is 12.2. The SMILES string of the molecule is CC[C@H]1OC(=O)[C@H](C)[C@@H](O[C@H]2C[C@@](C)(OC)[C@@H](O)[C@H](C)O2)[C@H](C)[C@@H](O[C@@H]2O[C@H](C)C[C@H](N(C)C)[C@H]2O)[C@](C)(O)C[C@@H](C)CN(C)[C@H](C)[C@@H](O)[C@]1(C)O.O=S(=O)(O)O. The molecule has 19 heteroatoms. The van der Waals surface area contributed by atoms with Crippen LogP contribution in [-0.2, 0) is 43.6 Å². The second-order valence-corrected chi connectivity index (χ2v) is 18.5. The number of cyclic esters (lactones) is 1. The van der Waals surface area contributed by atoms with E-state index >= 15 is 0 Å². The molecule has 0 spiro atoms. The zero-order valence-corrected chi connectivity index (χ0v) is 37.1. The van der Waals surface area contributed by atoms with E-state index in [4.69, 9.17) is 45.9 Å². The van der Waals surface area contributed by atoms with Gasteiger partial charge in [0.05, 0.1) is 41.5 Å². The van der Waals surface area contributed by atoms with Crippen LogP contribution in [0.3, 0.4) is 0 Å². The number of carbonyl (C=O) groups is 1. The molecule has 338 valence electrons. The maximum absolute atomic E-state index is 14.2. The number of hydrogen-bond acceptors (Lipinski definition) is 16. The Labute approximate surface area is 339 Å². The molecule has 3 saturated heterocycles. The summed E-state index contributed by atoms with van der Waals surface area (Å²) < 4.78 is 69.1. The minimum atomic E-state index is -4.67. The van der Waals surface area contributed by atoms with Gasteiger partial charge in [-0.25, -0.2) is 0 Å². The summed E-state index contributed by atoms with van der Waals surface area (Å²) in [6.45, 7) is 18.0. The Balaban J connectivity index is 0.00000210. The van der Waals surface area contributed by atoms with Crippen molar-refractivity contribution in [2.45, 2.75) is 185 Å². The zero-order valence-electron chi connectivity index (χ0n) is 36.3. The van der Waals surface area contributed by atoms with Crippen molar-refractivity contribution in [2.75, 3.05) is 34.8 Å². The third kappa shape index (κ3) is 13.7. The van der Waals surface area contributed by atoms with Crippen molar-refractivity contribution in [3.63, 3.8) is 0 Å². The molecule has 0 aromatic heterocycles. The molecular weight excluding hydrogens is 772 g/mol. The number of methoxy groups -OCH3 is 1. The normalized spacial score (nSPS) is 46.3. The topological polar surface area (TPSA) is 255 Å². The molecule has 0 aliphatic carbocycles. The summed E-state index contributed by atoms with van der Waals surface area (Å²) in [5.41, 5.74) is -4.37. The number of aliphatic hydroxyl groups excluding tert-OH is 3. The Hall–Kier alpha value is -1.14. The van der Waals surface area contributed by atoms with E-state index in [0.717, 1.165) is 0 Å². The summed E-state index contributed by atoms with van der Waals surface area (Å²) in [6.07, 6.45) is -8.19. The Morgan fingerprint density at radius 3 is 2.00 bits per heavy atom. The van der Waals surface area contributed by atoms with Gasteiger partial charge < -0.3 is 63.8 Å². The highest BCUT2D eigenvalue weighted by molar-refractivity contribution is 7.79. The number of esters is 1. The second-order valence-electron chi connectivity index (χ2n) is 17.6. The van der Waals surface area contributed by atoms with Gasteiger partial charge in [0.1, 0.15) is 30.0 Å². The van der Waals surface area contributed by atoms with Crippen molar-refractivity contribution in [1.82, 2.24) is 9.80 Å². The Morgan fingerprint density at radius 2 is 1.49 bits per heavy atom. The van der Waals surface area contributed by atoms with E-state index in [1.807, 2.05) is 51.7 Å². The Bertz CT molecular complexity index is 1360. The molecule has 57 heavy (non-hydrogen) atoms. The number of carbonyl (C=O) groups excluding carboxylic acids is 1. The van der Waals surface area contributed by atoms with E-state index in [2.05, 4.69) is 0 Å². The first-order valence-corrected chi connectivity index (χ1v) is 21.2. The van der Waals surface area contributed by atoms with E-state index in [9.17, 15) is 30.3 Å². The molecule has 0 aromatic rings. The van der Waals surface area contributed by atoms with Gasteiger partial charge in [-0.15, -0.1) is 0 Å². The molecule has 3 aliphatic heterocycles. The van der Waals surface area contributed by atoms with Gasteiger partial charge in [-0.1, -0.05) is 20.8 Å². The van der Waals surface area contributed by atoms with Crippen LogP contribution in [0.1, 0.15) is 94.9 Å². The maximum atomic E-state index is 14.2. The molecule has 0 bridgehead atoms. The highest BCUT2D eigenvalue weighted by atomic mass is 32.3. The van der Waals surface area contributed by atoms with Crippen LogP contribution in [0, 0.1) is 17.8 Å². The largest absolute Gasteiger partial charge is 0.459 e. The van der Waals surface area contributed by atoms with Crippen LogP contribution in [0.2, 0.25) is 0 Å². The number of rotatable bonds is 7. The molecule has 18 atom stereocenters. The van der Waals surface area contributed by atoms with E-state index < -0.39 is 106 Å². The fourth-order valence-electron chi connectivity index (χ4n) is 8.74. The lowest BCUT2D eigenvalue weighted by Gasteiger charge is -2.48. The van der Waals surface area contributed by atoms with Crippen LogP contribution in [0.5, 0.6) is 0 Å². The lowest BCUT2D eigenvalue weighted by Crippen LogP contribution is -2.60. The molecule has 3 fully saturated rings. The number of aliphatic hydroxyl groups is 5. The van der Waals surface area contributed by atoms with Gasteiger partial charge in [0, 0.05) is 38.1 Å². The van der Waals surface area contributed by atoms with E-state index in [1.54, 1.807) is 41.5 Å². The second kappa shape index (κ2) is 20.6. The van der Waals surface area contributed by atoms with Crippen molar-refractivity contribution in [1.29, 1.82) is 0 Å². The molecule has 0 radical (unpaired) electrons. The van der Waals surface area contributed by atoms with Crippen LogP contribution in [0.4, 0.5) is 0 Å². The predicted octanol–water partition coefficient (Wildman–Crippen LogP) is 1.25. The van der Waals surface area contributed by atoms with Gasteiger partial charge in [0.25, 0.3) is 0 Å². The minimum Gasteiger partial charge on any atom is -0.459 e. The van der Waals surface area contributed by atoms with Gasteiger partial charge in [-0.3, -0.25) is 13.9 Å².